The van der Waals surface area contributed by atoms with Gasteiger partial charge in [0.1, 0.15) is 0 Å². The van der Waals surface area contributed by atoms with Crippen LogP contribution in [0.4, 0.5) is 10.8 Å². The van der Waals surface area contributed by atoms with Gasteiger partial charge in [0, 0.05) is 4.88 Å². The number of anilines is 2. The summed E-state index contributed by atoms with van der Waals surface area (Å²) < 4.78 is 0. The highest BCUT2D eigenvalue weighted by Gasteiger charge is 2.18. The van der Waals surface area contributed by atoms with Crippen molar-refractivity contribution in [2.75, 3.05) is 10.6 Å². The molecule has 7 heteroatoms. The number of amides is 2. The number of hydrogen-bond donors (Lipinski definition) is 2. The fourth-order valence-electron chi connectivity index (χ4n) is 1.92. The summed E-state index contributed by atoms with van der Waals surface area (Å²) in [5.74, 6) is -1.55. The van der Waals surface area contributed by atoms with Crippen molar-refractivity contribution in [2.45, 2.75) is 27.7 Å². The van der Waals surface area contributed by atoms with Gasteiger partial charge in [0.25, 0.3) is 0 Å². The first-order valence-electron chi connectivity index (χ1n) is 6.61. The van der Waals surface area contributed by atoms with E-state index in [0.29, 0.717) is 15.8 Å². The second-order valence-electron chi connectivity index (χ2n) is 5.01. The van der Waals surface area contributed by atoms with Gasteiger partial charge in [-0.1, -0.05) is 17.7 Å². The van der Waals surface area contributed by atoms with Crippen molar-refractivity contribution in [1.82, 2.24) is 4.98 Å². The molecule has 2 N–H and O–H groups in total. The molecule has 0 radical (unpaired) electrons. The van der Waals surface area contributed by atoms with E-state index in [2.05, 4.69) is 15.6 Å². The van der Waals surface area contributed by atoms with Crippen LogP contribution in [0.5, 0.6) is 0 Å². The van der Waals surface area contributed by atoms with E-state index < -0.39 is 11.8 Å². The second-order valence-corrected chi connectivity index (χ2v) is 6.62. The third kappa shape index (κ3) is 3.64. The maximum absolute atomic E-state index is 12.0. The quantitative estimate of drug-likeness (QED) is 0.822. The average molecular weight is 338 g/mol. The van der Waals surface area contributed by atoms with E-state index in [4.69, 9.17) is 11.6 Å². The minimum atomic E-state index is -0.778. The molecule has 1 aromatic carbocycles. The molecule has 0 spiro atoms. The molecule has 0 fully saturated rings. The predicted molar refractivity (Wildman–Crippen MR) is 89.8 cm³/mol. The van der Waals surface area contributed by atoms with Crippen LogP contribution >= 0.6 is 22.9 Å². The third-order valence-electron chi connectivity index (χ3n) is 3.13. The van der Waals surface area contributed by atoms with E-state index in [1.807, 2.05) is 33.8 Å². The number of carbonyl (C=O) groups excluding carboxylic acids is 2. The number of aryl methyl sites for hydroxylation is 4. The van der Waals surface area contributed by atoms with Gasteiger partial charge in [0.15, 0.2) is 5.13 Å². The highest BCUT2D eigenvalue weighted by Crippen LogP contribution is 2.27. The summed E-state index contributed by atoms with van der Waals surface area (Å²) >= 11 is 7.44. The number of halogens is 1. The van der Waals surface area contributed by atoms with Crippen molar-refractivity contribution < 1.29 is 9.59 Å². The molecule has 0 atom stereocenters. The number of thiazole rings is 1. The van der Waals surface area contributed by atoms with Crippen LogP contribution in [0.3, 0.4) is 0 Å². The molecule has 0 unspecified atom stereocenters. The Balaban J connectivity index is 2.10. The summed E-state index contributed by atoms with van der Waals surface area (Å²) in [6.45, 7) is 7.47. The van der Waals surface area contributed by atoms with Gasteiger partial charge in [0.2, 0.25) is 0 Å². The van der Waals surface area contributed by atoms with Crippen LogP contribution in [-0.4, -0.2) is 16.8 Å². The average Bonchev–Trinajstić information content (AvgIpc) is 2.72. The Hall–Kier alpha value is -1.92. The van der Waals surface area contributed by atoms with Crippen molar-refractivity contribution in [1.29, 1.82) is 0 Å². The number of nitrogens with zero attached hydrogens (tertiary/aromatic N) is 1. The molecule has 1 aromatic heterocycles. The lowest BCUT2D eigenvalue weighted by Gasteiger charge is -2.11. The molecule has 0 saturated heterocycles. The van der Waals surface area contributed by atoms with Crippen LogP contribution in [0.1, 0.15) is 21.7 Å². The Bertz CT molecular complexity index is 713. The number of carbonyl (C=O) groups is 2. The molecule has 0 aliphatic rings. The molecule has 2 rings (SSSR count). The fourth-order valence-corrected chi connectivity index (χ4v) is 3.10. The number of hydrogen-bond acceptors (Lipinski definition) is 4. The Morgan fingerprint density at radius 1 is 1.09 bits per heavy atom. The molecule has 1 heterocycles. The SMILES string of the molecule is Cc1cc(C)c(NC(=O)C(=O)Nc2nc(C)c(C)s2)c(Cl)c1. The van der Waals surface area contributed by atoms with Gasteiger partial charge in [-0.2, -0.15) is 0 Å². The molecular formula is C15H16ClN3O2S. The monoisotopic (exact) mass is 337 g/mol. The first-order valence-corrected chi connectivity index (χ1v) is 7.80. The Morgan fingerprint density at radius 2 is 1.73 bits per heavy atom. The van der Waals surface area contributed by atoms with Crippen LogP contribution in [0, 0.1) is 27.7 Å². The first-order chi connectivity index (χ1) is 10.3. The van der Waals surface area contributed by atoms with Crippen molar-refractivity contribution in [3.05, 3.63) is 38.9 Å². The summed E-state index contributed by atoms with van der Waals surface area (Å²) in [4.78, 5) is 29.1. The number of benzene rings is 1. The van der Waals surface area contributed by atoms with E-state index in [9.17, 15) is 9.59 Å². The van der Waals surface area contributed by atoms with Gasteiger partial charge in [-0.05, 0) is 44.9 Å². The van der Waals surface area contributed by atoms with E-state index in [1.54, 1.807) is 6.07 Å². The first kappa shape index (κ1) is 16.5. The lowest BCUT2D eigenvalue weighted by Crippen LogP contribution is -2.29. The zero-order chi connectivity index (χ0) is 16.4. The van der Waals surface area contributed by atoms with E-state index in [0.717, 1.165) is 21.7 Å². The van der Waals surface area contributed by atoms with E-state index in [1.165, 1.54) is 11.3 Å². The maximum atomic E-state index is 12.0. The summed E-state index contributed by atoms with van der Waals surface area (Å²) in [5.41, 5.74) is 3.06. The third-order valence-corrected chi connectivity index (χ3v) is 4.41. The van der Waals surface area contributed by atoms with E-state index in [-0.39, 0.29) is 0 Å². The molecule has 0 bridgehead atoms. The fraction of sp³-hybridized carbons (Fsp3) is 0.267. The molecule has 0 aliphatic heterocycles. The molecule has 116 valence electrons. The summed E-state index contributed by atoms with van der Waals surface area (Å²) in [5, 5.41) is 5.84. The van der Waals surface area contributed by atoms with Crippen LogP contribution in [0.15, 0.2) is 12.1 Å². The normalized spacial score (nSPS) is 10.4. The maximum Gasteiger partial charge on any atom is 0.315 e. The zero-order valence-corrected chi connectivity index (χ0v) is 14.3. The molecule has 0 saturated carbocycles. The molecule has 2 amide bonds. The van der Waals surface area contributed by atoms with Crippen molar-refractivity contribution in [3.63, 3.8) is 0 Å². The Kier molecular flexibility index (Phi) is 4.83. The minimum Gasteiger partial charge on any atom is -0.316 e. The van der Waals surface area contributed by atoms with Gasteiger partial charge >= 0.3 is 11.8 Å². The highest BCUT2D eigenvalue weighted by atomic mass is 35.5. The second kappa shape index (κ2) is 6.46. The lowest BCUT2D eigenvalue weighted by molar-refractivity contribution is -0.133. The smallest absolute Gasteiger partial charge is 0.315 e. The number of nitrogens with one attached hydrogen (secondary N) is 2. The Morgan fingerprint density at radius 3 is 2.27 bits per heavy atom. The zero-order valence-electron chi connectivity index (χ0n) is 12.7. The molecule has 0 aliphatic carbocycles. The highest BCUT2D eigenvalue weighted by molar-refractivity contribution is 7.15. The molecule has 5 nitrogen and oxygen atoms in total. The van der Waals surface area contributed by atoms with Crippen LogP contribution in [0.2, 0.25) is 5.02 Å². The Labute approximate surface area is 137 Å². The summed E-state index contributed by atoms with van der Waals surface area (Å²) in [6, 6.07) is 3.61. The summed E-state index contributed by atoms with van der Waals surface area (Å²) in [6.07, 6.45) is 0. The van der Waals surface area contributed by atoms with Gasteiger partial charge in [-0.25, -0.2) is 4.98 Å². The largest absolute Gasteiger partial charge is 0.316 e. The van der Waals surface area contributed by atoms with Crippen LogP contribution in [0.25, 0.3) is 0 Å². The molecule has 2 aromatic rings. The predicted octanol–water partition coefficient (Wildman–Crippen LogP) is 3.61. The van der Waals surface area contributed by atoms with Gasteiger partial charge in [-0.3, -0.25) is 14.9 Å². The number of rotatable bonds is 2. The van der Waals surface area contributed by atoms with Crippen molar-refractivity contribution in [2.24, 2.45) is 0 Å². The van der Waals surface area contributed by atoms with E-state index >= 15 is 0 Å². The topological polar surface area (TPSA) is 71.1 Å². The van der Waals surface area contributed by atoms with Gasteiger partial charge in [-0.15, -0.1) is 11.3 Å². The summed E-state index contributed by atoms with van der Waals surface area (Å²) in [7, 11) is 0. The van der Waals surface area contributed by atoms with Gasteiger partial charge in [0.05, 0.1) is 16.4 Å². The van der Waals surface area contributed by atoms with Crippen LogP contribution in [-0.2, 0) is 9.59 Å². The van der Waals surface area contributed by atoms with Crippen LogP contribution < -0.4 is 10.6 Å². The molecule has 22 heavy (non-hydrogen) atoms. The van der Waals surface area contributed by atoms with Crippen molar-refractivity contribution >= 4 is 45.6 Å². The number of aromatic nitrogens is 1. The molecular weight excluding hydrogens is 322 g/mol. The standard InChI is InChI=1S/C15H16ClN3O2S/c1-7-5-8(2)12(11(16)6-7)18-13(20)14(21)19-15-17-9(3)10(4)22-15/h5-6H,1-4H3,(H,18,20)(H,17,19,21). The minimum absolute atomic E-state index is 0.402. The van der Waals surface area contributed by atoms with Gasteiger partial charge < -0.3 is 5.32 Å². The van der Waals surface area contributed by atoms with Crippen molar-refractivity contribution in [3.8, 4) is 0 Å². The lowest BCUT2D eigenvalue weighted by atomic mass is 10.1.